The number of benzene rings is 2. The Morgan fingerprint density at radius 3 is 2.67 bits per heavy atom. The first-order valence-corrected chi connectivity index (χ1v) is 8.94. The zero-order valence-electron chi connectivity index (χ0n) is 15.5. The van der Waals surface area contributed by atoms with Crippen LogP contribution in [0.1, 0.15) is 24.5 Å². The molecule has 1 heterocycles. The smallest absolute Gasteiger partial charge is 0.227 e. The van der Waals surface area contributed by atoms with E-state index in [2.05, 4.69) is 10.6 Å². The summed E-state index contributed by atoms with van der Waals surface area (Å²) in [4.78, 5) is 37.7. The minimum absolute atomic E-state index is 0.0917. The van der Waals surface area contributed by atoms with Crippen molar-refractivity contribution in [2.45, 2.75) is 26.8 Å². The number of carbonyl (C=O) groups is 3. The van der Waals surface area contributed by atoms with Crippen LogP contribution in [0, 0.1) is 12.8 Å². The van der Waals surface area contributed by atoms with Gasteiger partial charge in [-0.1, -0.05) is 30.3 Å². The predicted molar refractivity (Wildman–Crippen MR) is 104 cm³/mol. The molecule has 0 spiro atoms. The van der Waals surface area contributed by atoms with Gasteiger partial charge >= 0.3 is 0 Å². The van der Waals surface area contributed by atoms with Gasteiger partial charge in [0.25, 0.3) is 0 Å². The minimum Gasteiger partial charge on any atom is -0.352 e. The van der Waals surface area contributed by atoms with E-state index in [0.29, 0.717) is 24.5 Å². The third kappa shape index (κ3) is 4.53. The second kappa shape index (κ2) is 8.03. The molecule has 3 rings (SSSR count). The zero-order valence-corrected chi connectivity index (χ0v) is 15.5. The topological polar surface area (TPSA) is 78.5 Å². The van der Waals surface area contributed by atoms with Gasteiger partial charge in [-0.15, -0.1) is 0 Å². The Morgan fingerprint density at radius 2 is 1.93 bits per heavy atom. The van der Waals surface area contributed by atoms with Crippen LogP contribution in [0.5, 0.6) is 0 Å². The molecule has 2 N–H and O–H groups in total. The SMILES string of the molecule is CC(=O)Nc1cccc(N2C[C@@H](C(=O)NCc3ccccc3C)CC2=O)c1. The second-order valence-corrected chi connectivity index (χ2v) is 6.78. The van der Waals surface area contributed by atoms with E-state index < -0.39 is 0 Å². The lowest BCUT2D eigenvalue weighted by molar-refractivity contribution is -0.126. The molecule has 2 aromatic carbocycles. The van der Waals surface area contributed by atoms with Crippen LogP contribution in [0.3, 0.4) is 0 Å². The summed E-state index contributed by atoms with van der Waals surface area (Å²) in [6.07, 6.45) is 0.184. The molecule has 27 heavy (non-hydrogen) atoms. The van der Waals surface area contributed by atoms with E-state index in [9.17, 15) is 14.4 Å². The Labute approximate surface area is 158 Å². The highest BCUT2D eigenvalue weighted by Gasteiger charge is 2.35. The van der Waals surface area contributed by atoms with Gasteiger partial charge in [-0.2, -0.15) is 0 Å². The summed E-state index contributed by atoms with van der Waals surface area (Å²) >= 11 is 0. The summed E-state index contributed by atoms with van der Waals surface area (Å²) in [5.41, 5.74) is 3.49. The van der Waals surface area contributed by atoms with Gasteiger partial charge in [0, 0.05) is 37.8 Å². The highest BCUT2D eigenvalue weighted by Crippen LogP contribution is 2.27. The fraction of sp³-hybridized carbons (Fsp3) is 0.286. The number of rotatable bonds is 5. The predicted octanol–water partition coefficient (Wildman–Crippen LogP) is 2.62. The third-order valence-electron chi connectivity index (χ3n) is 4.69. The molecule has 6 nitrogen and oxygen atoms in total. The lowest BCUT2D eigenvalue weighted by Crippen LogP contribution is -2.32. The fourth-order valence-electron chi connectivity index (χ4n) is 3.22. The molecule has 1 saturated heterocycles. The molecule has 0 aromatic heterocycles. The molecular formula is C21H23N3O3. The quantitative estimate of drug-likeness (QED) is 0.855. The number of aryl methyl sites for hydroxylation is 1. The fourth-order valence-corrected chi connectivity index (χ4v) is 3.22. The molecule has 1 fully saturated rings. The Kier molecular flexibility index (Phi) is 5.54. The molecule has 140 valence electrons. The number of nitrogens with zero attached hydrogens (tertiary/aromatic N) is 1. The van der Waals surface area contributed by atoms with E-state index in [1.165, 1.54) is 6.92 Å². The lowest BCUT2D eigenvalue weighted by Gasteiger charge is -2.18. The molecule has 0 radical (unpaired) electrons. The van der Waals surface area contributed by atoms with Gasteiger partial charge in [0.05, 0.1) is 5.92 Å². The number of hydrogen-bond acceptors (Lipinski definition) is 3. The van der Waals surface area contributed by atoms with Gasteiger partial charge in [-0.05, 0) is 36.2 Å². The number of carbonyl (C=O) groups excluding carboxylic acids is 3. The molecule has 2 aromatic rings. The lowest BCUT2D eigenvalue weighted by atomic mass is 10.1. The number of anilines is 2. The largest absolute Gasteiger partial charge is 0.352 e. The van der Waals surface area contributed by atoms with Crippen molar-refractivity contribution < 1.29 is 14.4 Å². The Morgan fingerprint density at radius 1 is 1.15 bits per heavy atom. The molecule has 1 aliphatic heterocycles. The average Bonchev–Trinajstić information content (AvgIpc) is 3.02. The molecule has 0 bridgehead atoms. The summed E-state index contributed by atoms with van der Waals surface area (Å²) in [7, 11) is 0. The summed E-state index contributed by atoms with van der Waals surface area (Å²) < 4.78 is 0. The maximum atomic E-state index is 12.5. The highest BCUT2D eigenvalue weighted by molar-refractivity contribution is 6.01. The normalized spacial score (nSPS) is 16.3. The van der Waals surface area contributed by atoms with Crippen molar-refractivity contribution >= 4 is 29.1 Å². The van der Waals surface area contributed by atoms with Crippen LogP contribution < -0.4 is 15.5 Å². The van der Waals surface area contributed by atoms with Crippen LogP contribution in [-0.4, -0.2) is 24.3 Å². The summed E-state index contributed by atoms with van der Waals surface area (Å²) in [6.45, 7) is 4.23. The molecule has 0 aliphatic carbocycles. The van der Waals surface area contributed by atoms with Crippen LogP contribution in [0.2, 0.25) is 0 Å². The summed E-state index contributed by atoms with van der Waals surface area (Å²) in [5, 5.41) is 5.64. The number of hydrogen-bond donors (Lipinski definition) is 2. The minimum atomic E-state index is -0.383. The van der Waals surface area contributed by atoms with Crippen LogP contribution in [0.25, 0.3) is 0 Å². The summed E-state index contributed by atoms with van der Waals surface area (Å²) in [6, 6.07) is 15.0. The first kappa shape index (κ1) is 18.6. The van der Waals surface area contributed by atoms with E-state index in [1.54, 1.807) is 29.2 Å². The van der Waals surface area contributed by atoms with Crippen molar-refractivity contribution in [3.63, 3.8) is 0 Å². The van der Waals surface area contributed by atoms with Crippen molar-refractivity contribution in [2.24, 2.45) is 5.92 Å². The van der Waals surface area contributed by atoms with Gasteiger partial charge in [-0.3, -0.25) is 14.4 Å². The molecule has 6 heteroatoms. The van der Waals surface area contributed by atoms with Gasteiger partial charge in [-0.25, -0.2) is 0 Å². The first-order valence-electron chi connectivity index (χ1n) is 8.94. The Balaban J connectivity index is 1.64. The van der Waals surface area contributed by atoms with E-state index in [-0.39, 0.29) is 30.1 Å². The Bertz CT molecular complexity index is 878. The number of amides is 3. The average molecular weight is 365 g/mol. The molecular weight excluding hydrogens is 342 g/mol. The maximum Gasteiger partial charge on any atom is 0.227 e. The zero-order chi connectivity index (χ0) is 19.4. The third-order valence-corrected chi connectivity index (χ3v) is 4.69. The first-order chi connectivity index (χ1) is 12.9. The van der Waals surface area contributed by atoms with Crippen molar-refractivity contribution in [3.8, 4) is 0 Å². The van der Waals surface area contributed by atoms with Gasteiger partial charge < -0.3 is 15.5 Å². The van der Waals surface area contributed by atoms with E-state index in [4.69, 9.17) is 0 Å². The highest BCUT2D eigenvalue weighted by atomic mass is 16.2. The van der Waals surface area contributed by atoms with Crippen molar-refractivity contribution in [2.75, 3.05) is 16.8 Å². The van der Waals surface area contributed by atoms with E-state index in [0.717, 1.165) is 11.1 Å². The maximum absolute atomic E-state index is 12.5. The second-order valence-electron chi connectivity index (χ2n) is 6.78. The van der Waals surface area contributed by atoms with Crippen LogP contribution in [0.15, 0.2) is 48.5 Å². The molecule has 0 unspecified atom stereocenters. The van der Waals surface area contributed by atoms with Crippen LogP contribution in [-0.2, 0) is 20.9 Å². The van der Waals surface area contributed by atoms with Crippen molar-refractivity contribution in [3.05, 3.63) is 59.7 Å². The molecule has 3 amide bonds. The Hall–Kier alpha value is -3.15. The van der Waals surface area contributed by atoms with Crippen molar-refractivity contribution in [1.29, 1.82) is 0 Å². The molecule has 1 atom stereocenters. The van der Waals surface area contributed by atoms with Crippen LogP contribution in [0.4, 0.5) is 11.4 Å². The van der Waals surface area contributed by atoms with Crippen molar-refractivity contribution in [1.82, 2.24) is 5.32 Å². The summed E-state index contributed by atoms with van der Waals surface area (Å²) in [5.74, 6) is -0.766. The standard InChI is InChI=1S/C21H23N3O3/c1-14-6-3-4-7-16(14)12-22-21(27)17-10-20(26)24(13-17)19-9-5-8-18(11-19)23-15(2)25/h3-9,11,17H,10,12-13H2,1-2H3,(H,22,27)(H,23,25)/t17-/m0/s1. The van der Waals surface area contributed by atoms with Crippen LogP contribution >= 0.6 is 0 Å². The van der Waals surface area contributed by atoms with Gasteiger partial charge in [0.2, 0.25) is 17.7 Å². The number of nitrogens with one attached hydrogen (secondary N) is 2. The van der Waals surface area contributed by atoms with Gasteiger partial charge in [0.1, 0.15) is 0 Å². The van der Waals surface area contributed by atoms with Gasteiger partial charge in [0.15, 0.2) is 0 Å². The van der Waals surface area contributed by atoms with E-state index in [1.807, 2.05) is 31.2 Å². The molecule has 0 saturated carbocycles. The monoisotopic (exact) mass is 365 g/mol. The molecule has 1 aliphatic rings. The van der Waals surface area contributed by atoms with E-state index >= 15 is 0 Å².